The number of benzene rings is 1. The summed E-state index contributed by atoms with van der Waals surface area (Å²) in [6.45, 7) is 1.52. The molecule has 0 spiro atoms. The lowest BCUT2D eigenvalue weighted by Gasteiger charge is -2.19. The van der Waals surface area contributed by atoms with E-state index in [4.69, 9.17) is 5.11 Å². The summed E-state index contributed by atoms with van der Waals surface area (Å²) < 4.78 is 0. The van der Waals surface area contributed by atoms with Crippen LogP contribution in [-0.4, -0.2) is 45.0 Å². The van der Waals surface area contributed by atoms with Gasteiger partial charge in [-0.2, -0.15) is 0 Å². The van der Waals surface area contributed by atoms with E-state index < -0.39 is 18.2 Å². The van der Waals surface area contributed by atoms with Crippen molar-refractivity contribution in [3.63, 3.8) is 0 Å². The topological polar surface area (TPSA) is 127 Å². The Hall–Kier alpha value is -2.12. The molecule has 0 radical (unpaired) electrons. The van der Waals surface area contributed by atoms with Crippen molar-refractivity contribution < 1.29 is 30.0 Å². The first-order chi connectivity index (χ1) is 9.81. The molecular weight excluding hydrogens is 278 g/mol. The van der Waals surface area contributed by atoms with Gasteiger partial charge in [0, 0.05) is 19.0 Å². The summed E-state index contributed by atoms with van der Waals surface area (Å²) in [5, 5.41) is 40.8. The number of hydrogen-bond acceptors (Lipinski definition) is 5. The number of rotatable bonds is 7. The van der Waals surface area contributed by atoms with Crippen molar-refractivity contribution in [2.24, 2.45) is 0 Å². The Kier molecular flexibility index (Phi) is 6.13. The molecule has 0 fully saturated rings. The van der Waals surface area contributed by atoms with Crippen molar-refractivity contribution in [2.75, 3.05) is 6.54 Å². The Balaban J connectivity index is 2.77. The largest absolute Gasteiger partial charge is 0.508 e. The van der Waals surface area contributed by atoms with E-state index in [1.165, 1.54) is 25.1 Å². The summed E-state index contributed by atoms with van der Waals surface area (Å²) in [4.78, 5) is 21.4. The van der Waals surface area contributed by atoms with Crippen LogP contribution in [0.2, 0.25) is 0 Å². The average molecular weight is 297 g/mol. The number of aromatic hydroxyl groups is 1. The quantitative estimate of drug-likeness (QED) is 0.480. The van der Waals surface area contributed by atoms with Gasteiger partial charge in [-0.25, -0.2) is 0 Å². The van der Waals surface area contributed by atoms with E-state index in [0.29, 0.717) is 5.56 Å². The highest BCUT2D eigenvalue weighted by Crippen LogP contribution is 2.28. The number of carboxylic acid groups (broad SMARTS) is 1. The van der Waals surface area contributed by atoms with E-state index in [0.717, 1.165) is 0 Å². The Morgan fingerprint density at radius 3 is 2.52 bits per heavy atom. The number of nitrogens with one attached hydrogen (secondary N) is 1. The summed E-state index contributed by atoms with van der Waals surface area (Å²) in [6, 6.07) is 4.05. The predicted molar refractivity (Wildman–Crippen MR) is 73.7 cm³/mol. The highest BCUT2D eigenvalue weighted by molar-refractivity contribution is 5.72. The van der Waals surface area contributed by atoms with Crippen LogP contribution in [-0.2, 0) is 16.0 Å². The van der Waals surface area contributed by atoms with E-state index >= 15 is 0 Å². The summed E-state index contributed by atoms with van der Waals surface area (Å²) in [5.74, 6) is -1.51. The lowest BCUT2D eigenvalue weighted by molar-refractivity contribution is -0.136. The molecular formula is C14H19NO6. The maximum absolute atomic E-state index is 10.7. The maximum atomic E-state index is 10.7. The van der Waals surface area contributed by atoms with Crippen LogP contribution in [0.5, 0.6) is 5.75 Å². The lowest BCUT2D eigenvalue weighted by atomic mass is 9.98. The first kappa shape index (κ1) is 16.9. The van der Waals surface area contributed by atoms with Crippen molar-refractivity contribution in [1.82, 2.24) is 5.32 Å². The first-order valence-corrected chi connectivity index (χ1v) is 6.45. The fraction of sp³-hybridized carbons (Fsp3) is 0.429. The van der Waals surface area contributed by atoms with Crippen LogP contribution >= 0.6 is 0 Å². The molecule has 2 atom stereocenters. The highest BCUT2D eigenvalue weighted by atomic mass is 16.4. The van der Waals surface area contributed by atoms with E-state index in [1.807, 2.05) is 0 Å². The molecule has 1 aromatic rings. The molecule has 0 bridgehead atoms. The summed E-state index contributed by atoms with van der Waals surface area (Å²) >= 11 is 0. The van der Waals surface area contributed by atoms with Gasteiger partial charge in [0.25, 0.3) is 0 Å². The van der Waals surface area contributed by atoms with Gasteiger partial charge in [-0.3, -0.25) is 9.59 Å². The molecule has 1 rings (SSSR count). The molecule has 0 saturated carbocycles. The molecule has 0 aliphatic rings. The normalized spacial score (nSPS) is 13.5. The molecule has 5 N–H and O–H groups in total. The summed E-state index contributed by atoms with van der Waals surface area (Å²) in [5.41, 5.74) is 0.465. The fourth-order valence-corrected chi connectivity index (χ4v) is 1.89. The van der Waals surface area contributed by atoms with Crippen molar-refractivity contribution in [3.8, 4) is 5.75 Å². The van der Waals surface area contributed by atoms with Gasteiger partial charge in [-0.05, 0) is 24.1 Å². The van der Waals surface area contributed by atoms with Crippen molar-refractivity contribution in [1.29, 1.82) is 0 Å². The number of carbonyl (C=O) groups excluding carboxylic acids is 1. The third-order valence-electron chi connectivity index (χ3n) is 2.94. The first-order valence-electron chi connectivity index (χ1n) is 6.45. The second-order valence-electron chi connectivity index (χ2n) is 4.75. The SMILES string of the molecule is CC(=O)NCCC(O)C(O)c1cc(CC(=O)O)ccc1O. The van der Waals surface area contributed by atoms with E-state index in [9.17, 15) is 24.9 Å². The van der Waals surface area contributed by atoms with E-state index in [2.05, 4.69) is 5.32 Å². The number of aliphatic hydroxyl groups excluding tert-OH is 2. The second kappa shape index (κ2) is 7.61. The monoisotopic (exact) mass is 297 g/mol. The maximum Gasteiger partial charge on any atom is 0.307 e. The number of phenols is 1. The minimum Gasteiger partial charge on any atom is -0.508 e. The smallest absolute Gasteiger partial charge is 0.307 e. The van der Waals surface area contributed by atoms with Gasteiger partial charge in [0.2, 0.25) is 5.91 Å². The molecule has 116 valence electrons. The highest BCUT2D eigenvalue weighted by Gasteiger charge is 2.21. The predicted octanol–water partition coefficient (Wildman–Crippen LogP) is -0.0602. The van der Waals surface area contributed by atoms with E-state index in [-0.39, 0.29) is 36.6 Å². The Morgan fingerprint density at radius 1 is 1.29 bits per heavy atom. The molecule has 7 nitrogen and oxygen atoms in total. The van der Waals surface area contributed by atoms with Crippen LogP contribution in [0.1, 0.15) is 30.6 Å². The van der Waals surface area contributed by atoms with Gasteiger partial charge >= 0.3 is 5.97 Å². The third-order valence-corrected chi connectivity index (χ3v) is 2.94. The zero-order valence-electron chi connectivity index (χ0n) is 11.6. The second-order valence-corrected chi connectivity index (χ2v) is 4.75. The van der Waals surface area contributed by atoms with Crippen LogP contribution in [0.25, 0.3) is 0 Å². The molecule has 2 unspecified atom stereocenters. The van der Waals surface area contributed by atoms with Gasteiger partial charge < -0.3 is 25.7 Å². The Labute approximate surface area is 121 Å². The lowest BCUT2D eigenvalue weighted by Crippen LogP contribution is -2.27. The standard InChI is InChI=1S/C14H19NO6/c1-8(16)15-5-4-12(18)14(21)10-6-9(7-13(19)20)2-3-11(10)17/h2-3,6,12,14,17-18,21H,4-5,7H2,1H3,(H,15,16)(H,19,20). The van der Waals surface area contributed by atoms with Crippen molar-refractivity contribution >= 4 is 11.9 Å². The minimum atomic E-state index is -1.37. The number of phenolic OH excluding ortho intramolecular Hbond substituents is 1. The molecule has 7 heteroatoms. The molecule has 1 aromatic carbocycles. The minimum absolute atomic E-state index is 0.0593. The Morgan fingerprint density at radius 2 is 1.95 bits per heavy atom. The van der Waals surface area contributed by atoms with Crippen LogP contribution in [0, 0.1) is 0 Å². The Bertz CT molecular complexity index is 516. The molecule has 21 heavy (non-hydrogen) atoms. The van der Waals surface area contributed by atoms with Crippen LogP contribution in [0.4, 0.5) is 0 Å². The van der Waals surface area contributed by atoms with Gasteiger partial charge in [0.05, 0.1) is 12.5 Å². The summed E-state index contributed by atoms with van der Waals surface area (Å²) in [6.07, 6.45) is -2.71. The molecule has 0 aliphatic carbocycles. The third kappa shape index (κ3) is 5.41. The van der Waals surface area contributed by atoms with Gasteiger partial charge in [0.15, 0.2) is 0 Å². The number of carboxylic acids is 1. The van der Waals surface area contributed by atoms with Crippen LogP contribution < -0.4 is 5.32 Å². The number of carbonyl (C=O) groups is 2. The van der Waals surface area contributed by atoms with Crippen LogP contribution in [0.3, 0.4) is 0 Å². The number of hydrogen-bond donors (Lipinski definition) is 5. The van der Waals surface area contributed by atoms with Crippen molar-refractivity contribution in [2.45, 2.75) is 32.0 Å². The zero-order valence-corrected chi connectivity index (χ0v) is 11.6. The molecule has 0 aromatic heterocycles. The fourth-order valence-electron chi connectivity index (χ4n) is 1.89. The molecule has 0 aliphatic heterocycles. The van der Waals surface area contributed by atoms with Crippen LogP contribution in [0.15, 0.2) is 18.2 Å². The van der Waals surface area contributed by atoms with Gasteiger partial charge in [-0.1, -0.05) is 6.07 Å². The number of aliphatic hydroxyl groups is 2. The van der Waals surface area contributed by atoms with Crippen molar-refractivity contribution in [3.05, 3.63) is 29.3 Å². The zero-order chi connectivity index (χ0) is 16.0. The molecule has 1 amide bonds. The average Bonchev–Trinajstić information content (AvgIpc) is 2.39. The van der Waals surface area contributed by atoms with Gasteiger partial charge in [0.1, 0.15) is 11.9 Å². The molecule has 0 saturated heterocycles. The summed E-state index contributed by atoms with van der Waals surface area (Å²) in [7, 11) is 0. The number of amides is 1. The van der Waals surface area contributed by atoms with Gasteiger partial charge in [-0.15, -0.1) is 0 Å². The van der Waals surface area contributed by atoms with E-state index in [1.54, 1.807) is 0 Å². The molecule has 0 heterocycles. The number of aliphatic carboxylic acids is 1.